The molecular weight excluding hydrogens is 348 g/mol. The summed E-state index contributed by atoms with van der Waals surface area (Å²) in [5, 5.41) is 10.2. The van der Waals surface area contributed by atoms with E-state index >= 15 is 0 Å². The van der Waals surface area contributed by atoms with Crippen molar-refractivity contribution in [1.82, 2.24) is 9.55 Å². The van der Waals surface area contributed by atoms with E-state index in [1.54, 1.807) is 12.5 Å². The highest BCUT2D eigenvalue weighted by Gasteiger charge is 2.61. The van der Waals surface area contributed by atoms with Crippen LogP contribution in [0.4, 0.5) is 0 Å². The molecule has 1 aromatic rings. The number of hydrogen-bond donors (Lipinski definition) is 1. The lowest BCUT2D eigenvalue weighted by molar-refractivity contribution is -0.140. The first-order chi connectivity index (χ1) is 13.4. The van der Waals surface area contributed by atoms with Gasteiger partial charge in [-0.1, -0.05) is 13.8 Å². The van der Waals surface area contributed by atoms with Crippen molar-refractivity contribution in [1.29, 1.82) is 0 Å². The van der Waals surface area contributed by atoms with Gasteiger partial charge in [-0.25, -0.2) is 4.98 Å². The average Bonchev–Trinajstić information content (AvgIpc) is 3.29. The first-order valence-corrected chi connectivity index (χ1v) is 11.6. The maximum atomic E-state index is 13.2. The lowest BCUT2D eigenvalue weighted by atomic mass is 9.44. The van der Waals surface area contributed by atoms with Gasteiger partial charge in [0.1, 0.15) is 0 Å². The molecule has 0 aromatic carbocycles. The number of aliphatic hydroxyl groups is 1. The normalized spacial score (nSPS) is 47.8. The van der Waals surface area contributed by atoms with Crippen molar-refractivity contribution in [2.45, 2.75) is 84.3 Å². The van der Waals surface area contributed by atoms with Gasteiger partial charge in [-0.3, -0.25) is 4.79 Å². The number of imidazole rings is 1. The Morgan fingerprint density at radius 3 is 2.64 bits per heavy atom. The molecule has 154 valence electrons. The van der Waals surface area contributed by atoms with E-state index in [1.807, 2.05) is 10.8 Å². The molecule has 0 aliphatic heterocycles. The zero-order valence-corrected chi connectivity index (χ0v) is 17.5. The molecule has 0 radical (unpaired) electrons. The first-order valence-electron chi connectivity index (χ1n) is 11.6. The summed E-state index contributed by atoms with van der Waals surface area (Å²) in [6, 6.07) is 0. The van der Waals surface area contributed by atoms with Crippen LogP contribution in [0.3, 0.4) is 0 Å². The summed E-state index contributed by atoms with van der Waals surface area (Å²) in [6.07, 6.45) is 16.0. The van der Waals surface area contributed by atoms with Crippen LogP contribution in [0.25, 0.3) is 0 Å². The number of ketones is 1. The summed E-state index contributed by atoms with van der Waals surface area (Å²) < 4.78 is 1.93. The van der Waals surface area contributed by atoms with E-state index in [0.717, 1.165) is 31.1 Å². The monoisotopic (exact) mass is 384 g/mol. The van der Waals surface area contributed by atoms with Crippen LogP contribution in [0, 0.1) is 40.4 Å². The maximum absolute atomic E-state index is 13.2. The Hall–Kier alpha value is -1.16. The Bertz CT molecular complexity index is 731. The van der Waals surface area contributed by atoms with Gasteiger partial charge in [-0.15, -0.1) is 0 Å². The van der Waals surface area contributed by atoms with Crippen LogP contribution in [0.5, 0.6) is 0 Å². The summed E-state index contributed by atoms with van der Waals surface area (Å²) in [4.78, 5) is 17.3. The van der Waals surface area contributed by atoms with Crippen LogP contribution >= 0.6 is 0 Å². The number of carbonyl (C=O) groups is 1. The van der Waals surface area contributed by atoms with E-state index in [0.29, 0.717) is 29.6 Å². The molecule has 4 fully saturated rings. The summed E-state index contributed by atoms with van der Waals surface area (Å²) in [5.41, 5.74) is 0.610. The van der Waals surface area contributed by atoms with Gasteiger partial charge in [0, 0.05) is 18.3 Å². The average molecular weight is 385 g/mol. The molecule has 4 nitrogen and oxygen atoms in total. The number of hydrogen-bond acceptors (Lipinski definition) is 3. The molecule has 0 bridgehead atoms. The highest BCUT2D eigenvalue weighted by Crippen LogP contribution is 2.67. The number of fused-ring (bicyclic) bond motifs is 5. The second-order valence-electron chi connectivity index (χ2n) is 11.0. The van der Waals surface area contributed by atoms with Crippen molar-refractivity contribution in [2.75, 3.05) is 0 Å². The SMILES string of the molecule is C[C@]12CCC(O)C[C@H]1CC[C@@H]1[C@@H]2CC[C@]2(C)[C@@H](C(=O)Cn3ccnc3)CC[C@@H]12. The molecule has 4 heteroatoms. The molecule has 5 rings (SSSR count). The third-order valence-corrected chi connectivity index (χ3v) is 9.92. The van der Waals surface area contributed by atoms with E-state index < -0.39 is 0 Å². The summed E-state index contributed by atoms with van der Waals surface area (Å²) in [5.74, 6) is 3.66. The predicted octanol–water partition coefficient (Wildman–Crippen LogP) is 4.47. The first kappa shape index (κ1) is 18.8. The minimum atomic E-state index is -0.0693. The molecule has 8 atom stereocenters. The van der Waals surface area contributed by atoms with Crippen LogP contribution in [0.15, 0.2) is 18.7 Å². The van der Waals surface area contributed by atoms with Gasteiger partial charge in [-0.05, 0) is 92.3 Å². The van der Waals surface area contributed by atoms with Crippen molar-refractivity contribution in [3.05, 3.63) is 18.7 Å². The van der Waals surface area contributed by atoms with Crippen molar-refractivity contribution < 1.29 is 9.90 Å². The van der Waals surface area contributed by atoms with E-state index in [-0.39, 0.29) is 17.4 Å². The van der Waals surface area contributed by atoms with Crippen molar-refractivity contribution in [3.8, 4) is 0 Å². The zero-order chi connectivity index (χ0) is 19.5. The molecule has 4 aliphatic rings. The van der Waals surface area contributed by atoms with Gasteiger partial charge in [-0.2, -0.15) is 0 Å². The fourth-order valence-corrected chi connectivity index (χ4v) is 8.43. The van der Waals surface area contributed by atoms with Crippen LogP contribution in [-0.4, -0.2) is 26.5 Å². The lowest BCUT2D eigenvalue weighted by Crippen LogP contribution is -2.54. The molecular formula is C24H36N2O2. The van der Waals surface area contributed by atoms with Gasteiger partial charge < -0.3 is 9.67 Å². The van der Waals surface area contributed by atoms with E-state index in [2.05, 4.69) is 18.8 Å². The fraction of sp³-hybridized carbons (Fsp3) is 0.833. The largest absolute Gasteiger partial charge is 0.393 e. The topological polar surface area (TPSA) is 55.1 Å². The highest BCUT2D eigenvalue weighted by molar-refractivity contribution is 5.82. The van der Waals surface area contributed by atoms with Crippen molar-refractivity contribution in [2.24, 2.45) is 40.4 Å². The van der Waals surface area contributed by atoms with Gasteiger partial charge in [0.2, 0.25) is 0 Å². The Balaban J connectivity index is 1.36. The smallest absolute Gasteiger partial charge is 0.156 e. The predicted molar refractivity (Wildman–Crippen MR) is 108 cm³/mol. The van der Waals surface area contributed by atoms with Crippen LogP contribution in [0.2, 0.25) is 0 Å². The summed E-state index contributed by atoms with van der Waals surface area (Å²) in [7, 11) is 0. The van der Waals surface area contributed by atoms with E-state index in [9.17, 15) is 9.90 Å². The standard InChI is InChI=1S/C24H36N2O2/c1-23-9-7-17(27)13-16(23)3-4-18-19-5-6-21(24(19,2)10-8-20(18)23)22(28)14-26-12-11-25-15-26/h11-12,15-21,27H,3-10,13-14H2,1-2H3/t16-,17?,18+,19+,20+,21-,23+,24+/m1/s1. The third-order valence-electron chi connectivity index (χ3n) is 9.92. The molecule has 1 unspecified atom stereocenters. The van der Waals surface area contributed by atoms with Crippen molar-refractivity contribution in [3.63, 3.8) is 0 Å². The third kappa shape index (κ3) is 2.74. The zero-order valence-electron chi connectivity index (χ0n) is 17.5. The molecule has 1 N–H and O–H groups in total. The number of carbonyl (C=O) groups excluding carboxylic acids is 1. The molecule has 0 amide bonds. The second kappa shape index (κ2) is 6.68. The van der Waals surface area contributed by atoms with Gasteiger partial charge in [0.25, 0.3) is 0 Å². The number of aliphatic hydroxyl groups excluding tert-OH is 1. The molecule has 0 saturated heterocycles. The number of nitrogens with zero attached hydrogens (tertiary/aromatic N) is 2. The van der Waals surface area contributed by atoms with Crippen LogP contribution in [0.1, 0.15) is 71.6 Å². The quantitative estimate of drug-likeness (QED) is 0.836. The van der Waals surface area contributed by atoms with Crippen molar-refractivity contribution >= 4 is 5.78 Å². The van der Waals surface area contributed by atoms with Gasteiger partial charge >= 0.3 is 0 Å². The van der Waals surface area contributed by atoms with E-state index in [1.165, 1.54) is 38.5 Å². The van der Waals surface area contributed by atoms with E-state index in [4.69, 9.17) is 0 Å². The Morgan fingerprint density at radius 1 is 1.07 bits per heavy atom. The Morgan fingerprint density at radius 2 is 1.86 bits per heavy atom. The molecule has 28 heavy (non-hydrogen) atoms. The second-order valence-corrected chi connectivity index (χ2v) is 11.0. The number of rotatable bonds is 3. The Kier molecular flexibility index (Phi) is 4.50. The summed E-state index contributed by atoms with van der Waals surface area (Å²) in [6.45, 7) is 5.47. The minimum Gasteiger partial charge on any atom is -0.393 e. The molecule has 1 aromatic heterocycles. The van der Waals surface area contributed by atoms with Crippen LogP contribution < -0.4 is 0 Å². The highest BCUT2D eigenvalue weighted by atomic mass is 16.3. The number of Topliss-reactive ketones (excluding diaryl/α,β-unsaturated/α-hetero) is 1. The minimum absolute atomic E-state index is 0.0693. The maximum Gasteiger partial charge on any atom is 0.156 e. The fourth-order valence-electron chi connectivity index (χ4n) is 8.43. The van der Waals surface area contributed by atoms with Crippen LogP contribution in [-0.2, 0) is 11.3 Å². The van der Waals surface area contributed by atoms with Gasteiger partial charge in [0.05, 0.1) is 19.0 Å². The summed E-state index contributed by atoms with van der Waals surface area (Å²) >= 11 is 0. The molecule has 4 aliphatic carbocycles. The number of aromatic nitrogens is 2. The van der Waals surface area contributed by atoms with Gasteiger partial charge in [0.15, 0.2) is 5.78 Å². The molecule has 4 saturated carbocycles. The molecule has 0 spiro atoms. The Labute approximate surface area is 169 Å². The molecule has 1 heterocycles. The lowest BCUT2D eigenvalue weighted by Gasteiger charge is -2.60.